The van der Waals surface area contributed by atoms with Crippen LogP contribution in [0.3, 0.4) is 0 Å². The summed E-state index contributed by atoms with van der Waals surface area (Å²) in [6, 6.07) is 10.1. The van der Waals surface area contributed by atoms with E-state index in [1.165, 1.54) is 6.08 Å². The van der Waals surface area contributed by atoms with Gasteiger partial charge in [0.15, 0.2) is 0 Å². The minimum atomic E-state index is -0.951. The van der Waals surface area contributed by atoms with E-state index in [0.717, 1.165) is 22.4 Å². The summed E-state index contributed by atoms with van der Waals surface area (Å²) < 4.78 is 0. The second-order valence-electron chi connectivity index (χ2n) is 5.07. The summed E-state index contributed by atoms with van der Waals surface area (Å²) in [6.45, 7) is 1.77. The van der Waals surface area contributed by atoms with Crippen molar-refractivity contribution in [2.75, 3.05) is 19.0 Å². The topological polar surface area (TPSA) is 53.4 Å². The lowest BCUT2D eigenvalue weighted by Gasteiger charge is -2.13. The van der Waals surface area contributed by atoms with Gasteiger partial charge in [0.1, 0.15) is 0 Å². The first kappa shape index (κ1) is 14.8. The molecule has 4 nitrogen and oxygen atoms in total. The van der Waals surface area contributed by atoms with Crippen LogP contribution in [0.15, 0.2) is 48.8 Å². The van der Waals surface area contributed by atoms with E-state index in [1.54, 1.807) is 19.3 Å². The van der Waals surface area contributed by atoms with E-state index in [9.17, 15) is 4.79 Å². The Kier molecular flexibility index (Phi) is 4.38. The Morgan fingerprint density at radius 3 is 2.38 bits per heavy atom. The van der Waals surface area contributed by atoms with Crippen LogP contribution in [-0.4, -0.2) is 30.2 Å². The van der Waals surface area contributed by atoms with E-state index < -0.39 is 5.97 Å². The van der Waals surface area contributed by atoms with Crippen molar-refractivity contribution in [3.8, 4) is 11.1 Å². The molecule has 0 unspecified atom stereocenters. The number of nitrogens with zero attached hydrogens (tertiary/aromatic N) is 2. The van der Waals surface area contributed by atoms with E-state index in [-0.39, 0.29) is 0 Å². The molecule has 0 saturated carbocycles. The molecule has 1 aromatic heterocycles. The normalized spacial score (nSPS) is 11.3. The third-order valence-electron chi connectivity index (χ3n) is 3.25. The van der Waals surface area contributed by atoms with Gasteiger partial charge in [-0.1, -0.05) is 12.1 Å². The zero-order chi connectivity index (χ0) is 15.4. The van der Waals surface area contributed by atoms with Gasteiger partial charge in [0.2, 0.25) is 0 Å². The molecule has 2 aromatic rings. The molecule has 0 amide bonds. The van der Waals surface area contributed by atoms with Crippen LogP contribution in [0.1, 0.15) is 12.5 Å². The Bertz CT molecular complexity index is 673. The van der Waals surface area contributed by atoms with Crippen LogP contribution in [-0.2, 0) is 4.79 Å². The van der Waals surface area contributed by atoms with Crippen LogP contribution in [0.25, 0.3) is 16.7 Å². The molecule has 21 heavy (non-hydrogen) atoms. The zero-order valence-corrected chi connectivity index (χ0v) is 12.4. The van der Waals surface area contributed by atoms with Gasteiger partial charge in [0, 0.05) is 43.8 Å². The highest BCUT2D eigenvalue weighted by molar-refractivity contribution is 5.89. The van der Waals surface area contributed by atoms with Crippen molar-refractivity contribution in [1.29, 1.82) is 0 Å². The van der Waals surface area contributed by atoms with Crippen LogP contribution in [0.5, 0.6) is 0 Å². The van der Waals surface area contributed by atoms with Crippen molar-refractivity contribution in [1.82, 2.24) is 4.98 Å². The Labute approximate surface area is 124 Å². The molecule has 0 spiro atoms. The summed E-state index contributed by atoms with van der Waals surface area (Å²) in [6.07, 6.45) is 4.64. The molecule has 0 aliphatic heterocycles. The van der Waals surface area contributed by atoms with Crippen LogP contribution >= 0.6 is 0 Å². The Morgan fingerprint density at radius 2 is 1.81 bits per heavy atom. The zero-order valence-electron chi connectivity index (χ0n) is 12.4. The summed E-state index contributed by atoms with van der Waals surface area (Å²) in [7, 11) is 3.99. The molecule has 0 aliphatic carbocycles. The molecule has 108 valence electrons. The minimum Gasteiger partial charge on any atom is -0.478 e. The van der Waals surface area contributed by atoms with Gasteiger partial charge >= 0.3 is 5.97 Å². The Morgan fingerprint density at radius 1 is 1.14 bits per heavy atom. The second kappa shape index (κ2) is 6.22. The van der Waals surface area contributed by atoms with Crippen LogP contribution in [0.4, 0.5) is 5.69 Å². The number of carbonyl (C=O) groups is 1. The molecule has 1 heterocycles. The number of pyridine rings is 1. The predicted molar refractivity (Wildman–Crippen MR) is 85.3 cm³/mol. The van der Waals surface area contributed by atoms with Gasteiger partial charge in [0.25, 0.3) is 0 Å². The Balaban J connectivity index is 2.35. The first-order valence-electron chi connectivity index (χ1n) is 6.62. The van der Waals surface area contributed by atoms with Gasteiger partial charge in [-0.3, -0.25) is 4.98 Å². The van der Waals surface area contributed by atoms with Gasteiger partial charge in [0.05, 0.1) is 0 Å². The highest BCUT2D eigenvalue weighted by Crippen LogP contribution is 2.24. The molecule has 4 heteroatoms. The molecule has 1 N–H and O–H groups in total. The van der Waals surface area contributed by atoms with E-state index in [0.29, 0.717) is 5.57 Å². The second-order valence-corrected chi connectivity index (χ2v) is 5.07. The quantitative estimate of drug-likeness (QED) is 0.874. The summed E-state index contributed by atoms with van der Waals surface area (Å²) >= 11 is 0. The number of allylic oxidation sites excluding steroid dienone is 1. The largest absolute Gasteiger partial charge is 0.478 e. The number of carboxylic acid groups (broad SMARTS) is 1. The summed E-state index contributed by atoms with van der Waals surface area (Å²) in [4.78, 5) is 17.0. The van der Waals surface area contributed by atoms with E-state index in [4.69, 9.17) is 5.11 Å². The standard InChI is InChI=1S/C17H18N2O2/c1-12(8-17(20)21)14-9-15(11-18-10-14)13-4-6-16(7-5-13)19(2)3/h4-11H,1-3H3,(H,20,21)/b12-8+. The number of benzene rings is 1. The first-order chi connectivity index (χ1) is 9.97. The lowest BCUT2D eigenvalue weighted by molar-refractivity contribution is -0.131. The number of rotatable bonds is 4. The summed E-state index contributed by atoms with van der Waals surface area (Å²) in [5.41, 5.74) is 4.65. The van der Waals surface area contributed by atoms with Crippen molar-refractivity contribution in [3.63, 3.8) is 0 Å². The molecule has 0 atom stereocenters. The molecule has 0 radical (unpaired) electrons. The van der Waals surface area contributed by atoms with Gasteiger partial charge < -0.3 is 10.0 Å². The van der Waals surface area contributed by atoms with E-state index >= 15 is 0 Å². The maximum absolute atomic E-state index is 10.7. The first-order valence-corrected chi connectivity index (χ1v) is 6.62. The van der Waals surface area contributed by atoms with Crippen molar-refractivity contribution >= 4 is 17.2 Å². The third-order valence-corrected chi connectivity index (χ3v) is 3.25. The maximum Gasteiger partial charge on any atom is 0.328 e. The maximum atomic E-state index is 10.7. The minimum absolute atomic E-state index is 0.682. The number of aliphatic carboxylic acids is 1. The monoisotopic (exact) mass is 282 g/mol. The van der Waals surface area contributed by atoms with Gasteiger partial charge in [-0.05, 0) is 41.8 Å². The van der Waals surface area contributed by atoms with Crippen LogP contribution in [0.2, 0.25) is 0 Å². The molecule has 1 aromatic carbocycles. The number of anilines is 1. The number of hydrogen-bond acceptors (Lipinski definition) is 3. The molecule has 0 aliphatic rings. The molecule has 0 fully saturated rings. The summed E-state index contributed by atoms with van der Waals surface area (Å²) in [5, 5.41) is 8.81. The van der Waals surface area contributed by atoms with Gasteiger partial charge in [-0.2, -0.15) is 0 Å². The number of hydrogen-bond donors (Lipinski definition) is 1. The van der Waals surface area contributed by atoms with Crippen molar-refractivity contribution < 1.29 is 9.90 Å². The van der Waals surface area contributed by atoms with Crippen LogP contribution < -0.4 is 4.90 Å². The predicted octanol–water partition coefficient (Wildman–Crippen LogP) is 3.30. The highest BCUT2D eigenvalue weighted by Gasteiger charge is 2.04. The molecule has 2 rings (SSSR count). The average molecular weight is 282 g/mol. The summed E-state index contributed by atoms with van der Waals surface area (Å²) in [5.74, 6) is -0.951. The van der Waals surface area contributed by atoms with Gasteiger partial charge in [-0.15, -0.1) is 0 Å². The molecule has 0 bridgehead atoms. The molecular weight excluding hydrogens is 264 g/mol. The highest BCUT2D eigenvalue weighted by atomic mass is 16.4. The molecular formula is C17H18N2O2. The fourth-order valence-corrected chi connectivity index (χ4v) is 2.03. The van der Waals surface area contributed by atoms with E-state index in [2.05, 4.69) is 4.98 Å². The lowest BCUT2D eigenvalue weighted by atomic mass is 10.0. The fraction of sp³-hybridized carbons (Fsp3) is 0.176. The van der Waals surface area contributed by atoms with Crippen LogP contribution in [0, 0.1) is 0 Å². The lowest BCUT2D eigenvalue weighted by Crippen LogP contribution is -2.07. The number of carboxylic acids is 1. The SMILES string of the molecule is C/C(=C\C(=O)O)c1cncc(-c2ccc(N(C)C)cc2)c1. The fourth-order valence-electron chi connectivity index (χ4n) is 2.03. The van der Waals surface area contributed by atoms with Gasteiger partial charge in [-0.25, -0.2) is 4.79 Å². The molecule has 0 saturated heterocycles. The third kappa shape index (κ3) is 3.69. The van der Waals surface area contributed by atoms with E-state index in [1.807, 2.05) is 49.3 Å². The smallest absolute Gasteiger partial charge is 0.328 e. The van der Waals surface area contributed by atoms with Crippen molar-refractivity contribution in [2.24, 2.45) is 0 Å². The van der Waals surface area contributed by atoms with Crippen molar-refractivity contribution in [3.05, 3.63) is 54.4 Å². The Hall–Kier alpha value is -2.62. The average Bonchev–Trinajstić information content (AvgIpc) is 2.47. The number of aromatic nitrogens is 1. The van der Waals surface area contributed by atoms with Crippen molar-refractivity contribution in [2.45, 2.75) is 6.92 Å².